The summed E-state index contributed by atoms with van der Waals surface area (Å²) in [5.74, 6) is -0.670. The van der Waals surface area contributed by atoms with Gasteiger partial charge in [0.2, 0.25) is 10.0 Å². The molecule has 3 aromatic carbocycles. The van der Waals surface area contributed by atoms with Crippen molar-refractivity contribution in [3.63, 3.8) is 0 Å². The van der Waals surface area contributed by atoms with Crippen LogP contribution in [0.2, 0.25) is 10.0 Å². The molecular formula is C30H30Cl2FN3O4S. The number of piperidine rings is 1. The maximum Gasteiger partial charge on any atom is 0.255 e. The molecule has 41 heavy (non-hydrogen) atoms. The topological polar surface area (TPSA) is 81.2 Å². The minimum Gasteiger partial charge on any atom is -0.504 e. The normalized spacial score (nSPS) is 21.8. The number of carbonyl (C=O) groups excluding carboxylic acids is 1. The van der Waals surface area contributed by atoms with E-state index in [1.54, 1.807) is 4.90 Å². The highest BCUT2D eigenvalue weighted by molar-refractivity contribution is 7.89. The smallest absolute Gasteiger partial charge is 0.255 e. The third kappa shape index (κ3) is 5.29. The van der Waals surface area contributed by atoms with Crippen LogP contribution in [0.3, 0.4) is 0 Å². The molecule has 0 saturated carbocycles. The first-order chi connectivity index (χ1) is 19.6. The Morgan fingerprint density at radius 3 is 2.17 bits per heavy atom. The SMILES string of the molecule is O=C(c1ccc(F)cc1Cl)N1CC2CCC(C1)N2c1cc(S(=O)(=O)N2CCC(c3ccccc3)CC2)cc(Cl)c1O. The van der Waals surface area contributed by atoms with Gasteiger partial charge in [-0.15, -0.1) is 0 Å². The fourth-order valence-electron chi connectivity index (χ4n) is 6.51. The van der Waals surface area contributed by atoms with Crippen LogP contribution in [0.25, 0.3) is 0 Å². The van der Waals surface area contributed by atoms with Crippen LogP contribution in [-0.2, 0) is 10.0 Å². The van der Waals surface area contributed by atoms with Crippen molar-refractivity contribution in [1.82, 2.24) is 9.21 Å². The average Bonchev–Trinajstić information content (AvgIpc) is 3.22. The Morgan fingerprint density at radius 2 is 1.54 bits per heavy atom. The van der Waals surface area contributed by atoms with Crippen molar-refractivity contribution < 1.29 is 22.7 Å². The zero-order chi connectivity index (χ0) is 28.9. The molecule has 3 saturated heterocycles. The molecule has 0 spiro atoms. The van der Waals surface area contributed by atoms with Gasteiger partial charge in [0.15, 0.2) is 5.75 Å². The van der Waals surface area contributed by atoms with Gasteiger partial charge in [-0.3, -0.25) is 4.79 Å². The fourth-order valence-corrected chi connectivity index (χ4v) is 8.55. The highest BCUT2D eigenvalue weighted by Crippen LogP contribution is 2.44. The summed E-state index contributed by atoms with van der Waals surface area (Å²) in [5, 5.41) is 11.0. The standard InChI is InChI=1S/C30H30Cl2FN3O4S/c31-26-14-21(33)6-9-25(26)30(38)34-17-22-7-8-23(18-34)36(22)28-16-24(15-27(32)29(28)37)41(39,40)35-12-10-20(11-13-35)19-4-2-1-3-5-19/h1-6,9,14-16,20,22-23,37H,7-8,10-13,17-18H2. The minimum atomic E-state index is -3.85. The molecule has 0 aliphatic carbocycles. The first-order valence-electron chi connectivity index (χ1n) is 13.7. The Morgan fingerprint density at radius 1 is 0.878 bits per heavy atom. The lowest BCUT2D eigenvalue weighted by molar-refractivity contribution is 0.0718. The molecule has 2 bridgehead atoms. The van der Waals surface area contributed by atoms with E-state index in [-0.39, 0.29) is 44.2 Å². The zero-order valence-corrected chi connectivity index (χ0v) is 24.5. The van der Waals surface area contributed by atoms with Crippen molar-refractivity contribution in [2.24, 2.45) is 0 Å². The van der Waals surface area contributed by atoms with Crippen LogP contribution in [-0.4, -0.2) is 66.9 Å². The average molecular weight is 619 g/mol. The van der Waals surface area contributed by atoms with Gasteiger partial charge in [0.05, 0.1) is 26.2 Å². The van der Waals surface area contributed by atoms with Gasteiger partial charge >= 0.3 is 0 Å². The summed E-state index contributed by atoms with van der Waals surface area (Å²) < 4.78 is 42.5. The van der Waals surface area contributed by atoms with Gasteiger partial charge in [-0.05, 0) is 67.5 Å². The van der Waals surface area contributed by atoms with Crippen molar-refractivity contribution in [3.8, 4) is 5.75 Å². The predicted molar refractivity (Wildman–Crippen MR) is 157 cm³/mol. The van der Waals surface area contributed by atoms with Crippen LogP contribution in [0, 0.1) is 5.82 Å². The van der Waals surface area contributed by atoms with E-state index >= 15 is 0 Å². The summed E-state index contributed by atoms with van der Waals surface area (Å²) in [5.41, 5.74) is 1.81. The van der Waals surface area contributed by atoms with Crippen molar-refractivity contribution in [2.75, 3.05) is 31.1 Å². The number of phenolic OH excluding ortho intramolecular Hbond substituents is 1. The number of piperazine rings is 1. The maximum absolute atomic E-state index is 13.7. The molecule has 2 atom stereocenters. The van der Waals surface area contributed by atoms with E-state index in [2.05, 4.69) is 12.1 Å². The fraction of sp³-hybridized carbons (Fsp3) is 0.367. The van der Waals surface area contributed by atoms with Crippen molar-refractivity contribution in [2.45, 2.75) is 48.6 Å². The molecule has 0 aromatic heterocycles. The van der Waals surface area contributed by atoms with Crippen LogP contribution in [0.1, 0.15) is 47.5 Å². The van der Waals surface area contributed by atoms with E-state index in [0.717, 1.165) is 31.7 Å². The van der Waals surface area contributed by atoms with E-state index in [9.17, 15) is 22.7 Å². The quantitative estimate of drug-likeness (QED) is 0.385. The molecule has 6 rings (SSSR count). The molecule has 3 aliphatic rings. The Hall–Kier alpha value is -2.85. The number of phenols is 1. The summed E-state index contributed by atoms with van der Waals surface area (Å²) >= 11 is 12.6. The third-order valence-corrected chi connectivity index (χ3v) is 11.1. The second-order valence-electron chi connectivity index (χ2n) is 11.0. The van der Waals surface area contributed by atoms with E-state index in [0.29, 0.717) is 37.8 Å². The van der Waals surface area contributed by atoms with E-state index in [4.69, 9.17) is 23.2 Å². The lowest BCUT2D eigenvalue weighted by atomic mass is 9.90. The summed E-state index contributed by atoms with van der Waals surface area (Å²) in [4.78, 5) is 17.0. The van der Waals surface area contributed by atoms with Gasteiger partial charge in [-0.25, -0.2) is 12.8 Å². The van der Waals surface area contributed by atoms with Crippen LogP contribution in [0.5, 0.6) is 5.75 Å². The number of sulfonamides is 1. The van der Waals surface area contributed by atoms with Gasteiger partial charge in [-0.1, -0.05) is 53.5 Å². The minimum absolute atomic E-state index is 0.0313. The van der Waals surface area contributed by atoms with Crippen molar-refractivity contribution in [3.05, 3.63) is 87.7 Å². The lowest BCUT2D eigenvalue weighted by Gasteiger charge is -2.43. The number of amides is 1. The molecule has 2 unspecified atom stereocenters. The molecular weight excluding hydrogens is 588 g/mol. The van der Waals surface area contributed by atoms with Crippen LogP contribution in [0.4, 0.5) is 10.1 Å². The van der Waals surface area contributed by atoms with Crippen LogP contribution < -0.4 is 4.90 Å². The molecule has 7 nitrogen and oxygen atoms in total. The lowest BCUT2D eigenvalue weighted by Crippen LogP contribution is -2.55. The van der Waals surface area contributed by atoms with Gasteiger partial charge in [-0.2, -0.15) is 4.31 Å². The maximum atomic E-state index is 13.7. The molecule has 3 aromatic rings. The Bertz CT molecular complexity index is 1570. The number of carbonyl (C=O) groups is 1. The number of halogens is 3. The first kappa shape index (κ1) is 28.3. The molecule has 11 heteroatoms. The molecule has 3 heterocycles. The van der Waals surface area contributed by atoms with Gasteiger partial charge in [0.1, 0.15) is 5.82 Å². The molecule has 1 amide bonds. The van der Waals surface area contributed by atoms with E-state index < -0.39 is 15.8 Å². The van der Waals surface area contributed by atoms with E-state index in [1.165, 1.54) is 34.1 Å². The third-order valence-electron chi connectivity index (χ3n) is 8.59. The number of aromatic hydroxyl groups is 1. The highest BCUT2D eigenvalue weighted by Gasteiger charge is 2.43. The van der Waals surface area contributed by atoms with Gasteiger partial charge < -0.3 is 14.9 Å². The zero-order valence-electron chi connectivity index (χ0n) is 22.2. The Labute approximate surface area is 249 Å². The van der Waals surface area contributed by atoms with Gasteiger partial charge in [0.25, 0.3) is 5.91 Å². The van der Waals surface area contributed by atoms with Crippen molar-refractivity contribution >= 4 is 44.8 Å². The number of hydrogen-bond donors (Lipinski definition) is 1. The van der Waals surface area contributed by atoms with Crippen molar-refractivity contribution in [1.29, 1.82) is 0 Å². The molecule has 3 aliphatic heterocycles. The molecule has 0 radical (unpaired) electrons. The summed E-state index contributed by atoms with van der Waals surface area (Å²) in [7, 11) is -3.85. The Balaban J connectivity index is 1.22. The molecule has 216 valence electrons. The van der Waals surface area contributed by atoms with Gasteiger partial charge in [0, 0.05) is 38.3 Å². The number of likely N-dealkylation sites (tertiary alicyclic amines) is 1. The highest BCUT2D eigenvalue weighted by atomic mass is 35.5. The Kier molecular flexibility index (Phi) is 7.65. The summed E-state index contributed by atoms with van der Waals surface area (Å²) in [6.45, 7) is 1.50. The largest absolute Gasteiger partial charge is 0.504 e. The monoisotopic (exact) mass is 617 g/mol. The number of fused-ring (bicyclic) bond motifs is 2. The second kappa shape index (κ2) is 11.1. The van der Waals surface area contributed by atoms with Crippen LogP contribution in [0.15, 0.2) is 65.6 Å². The summed E-state index contributed by atoms with van der Waals surface area (Å²) in [6.07, 6.45) is 2.96. The number of hydrogen-bond acceptors (Lipinski definition) is 5. The summed E-state index contributed by atoms with van der Waals surface area (Å²) in [6, 6.07) is 16.4. The second-order valence-corrected chi connectivity index (χ2v) is 13.7. The number of rotatable bonds is 5. The molecule has 3 fully saturated rings. The predicted octanol–water partition coefficient (Wildman–Crippen LogP) is 5.90. The van der Waals surface area contributed by atoms with Crippen LogP contribution >= 0.6 is 23.2 Å². The first-order valence-corrected chi connectivity index (χ1v) is 15.9. The number of anilines is 1. The number of nitrogens with zero attached hydrogens (tertiary/aromatic N) is 3. The number of benzene rings is 3. The molecule has 1 N–H and O–H groups in total. The van der Waals surface area contributed by atoms with E-state index in [1.807, 2.05) is 23.1 Å².